The zero-order chi connectivity index (χ0) is 12.3. The predicted molar refractivity (Wildman–Crippen MR) is 64.2 cm³/mol. The number of imide groups is 1. The van der Waals surface area contributed by atoms with Gasteiger partial charge in [-0.25, -0.2) is 0 Å². The van der Waals surface area contributed by atoms with Gasteiger partial charge in [-0.1, -0.05) is 0 Å². The van der Waals surface area contributed by atoms with E-state index < -0.39 is 0 Å². The van der Waals surface area contributed by atoms with Crippen molar-refractivity contribution in [3.63, 3.8) is 0 Å². The lowest BCUT2D eigenvalue weighted by molar-refractivity contribution is -0.142. The summed E-state index contributed by atoms with van der Waals surface area (Å²) in [5, 5.41) is 0. The molecule has 2 amide bonds. The molecular formula is C12H21N3O2. The molecule has 2 fully saturated rings. The van der Waals surface area contributed by atoms with Gasteiger partial charge in [0, 0.05) is 19.5 Å². The van der Waals surface area contributed by atoms with E-state index in [2.05, 4.69) is 4.90 Å². The number of hydrogen-bond donors (Lipinski definition) is 1. The van der Waals surface area contributed by atoms with Crippen LogP contribution in [0.1, 0.15) is 25.7 Å². The SMILES string of the molecule is NCC1CCCN(CC(=O)N2CCCC2=O)C1. The molecule has 1 atom stereocenters. The number of piperidine rings is 1. The van der Waals surface area contributed by atoms with Crippen LogP contribution < -0.4 is 5.73 Å². The number of amides is 2. The topological polar surface area (TPSA) is 66.6 Å². The molecule has 2 saturated heterocycles. The molecule has 2 heterocycles. The number of carbonyl (C=O) groups excluding carboxylic acids is 2. The van der Waals surface area contributed by atoms with Crippen LogP contribution in [0.25, 0.3) is 0 Å². The Hall–Kier alpha value is -0.940. The molecule has 0 aromatic carbocycles. The minimum absolute atomic E-state index is 0.0117. The summed E-state index contributed by atoms with van der Waals surface area (Å²) in [6.45, 7) is 3.51. The van der Waals surface area contributed by atoms with Gasteiger partial charge < -0.3 is 5.73 Å². The predicted octanol–water partition coefficient (Wildman–Crippen LogP) is -0.194. The van der Waals surface area contributed by atoms with E-state index in [1.165, 1.54) is 4.90 Å². The lowest BCUT2D eigenvalue weighted by atomic mass is 9.98. The zero-order valence-electron chi connectivity index (χ0n) is 10.2. The van der Waals surface area contributed by atoms with Crippen molar-refractivity contribution in [2.75, 3.05) is 32.7 Å². The molecule has 1 unspecified atom stereocenters. The second-order valence-corrected chi connectivity index (χ2v) is 5.02. The van der Waals surface area contributed by atoms with Crippen LogP contribution in [0.5, 0.6) is 0 Å². The average molecular weight is 239 g/mol. The second-order valence-electron chi connectivity index (χ2n) is 5.02. The molecule has 0 aromatic rings. The zero-order valence-corrected chi connectivity index (χ0v) is 10.2. The van der Waals surface area contributed by atoms with Gasteiger partial charge in [-0.15, -0.1) is 0 Å². The third-order valence-electron chi connectivity index (χ3n) is 3.67. The van der Waals surface area contributed by atoms with Gasteiger partial charge in [0.25, 0.3) is 0 Å². The highest BCUT2D eigenvalue weighted by atomic mass is 16.2. The molecule has 17 heavy (non-hydrogen) atoms. The van der Waals surface area contributed by atoms with E-state index in [9.17, 15) is 9.59 Å². The Balaban J connectivity index is 1.83. The van der Waals surface area contributed by atoms with E-state index in [4.69, 9.17) is 5.73 Å². The molecule has 0 spiro atoms. The normalized spacial score (nSPS) is 26.5. The Labute approximate surface area is 102 Å². The minimum atomic E-state index is -0.0369. The first kappa shape index (κ1) is 12.5. The lowest BCUT2D eigenvalue weighted by Gasteiger charge is -2.32. The van der Waals surface area contributed by atoms with Gasteiger partial charge in [0.05, 0.1) is 6.54 Å². The fourth-order valence-electron chi connectivity index (χ4n) is 2.68. The van der Waals surface area contributed by atoms with Crippen molar-refractivity contribution in [3.8, 4) is 0 Å². The van der Waals surface area contributed by atoms with E-state index in [0.717, 1.165) is 32.4 Å². The molecule has 0 bridgehead atoms. The lowest BCUT2D eigenvalue weighted by Crippen LogP contribution is -2.45. The first-order valence-corrected chi connectivity index (χ1v) is 6.46. The van der Waals surface area contributed by atoms with E-state index >= 15 is 0 Å². The monoisotopic (exact) mass is 239 g/mol. The average Bonchev–Trinajstić information content (AvgIpc) is 2.76. The highest BCUT2D eigenvalue weighted by molar-refractivity contribution is 5.97. The Bertz CT molecular complexity index is 306. The van der Waals surface area contributed by atoms with Crippen LogP contribution in [0.15, 0.2) is 0 Å². The fourth-order valence-corrected chi connectivity index (χ4v) is 2.68. The Kier molecular flexibility index (Phi) is 4.12. The highest BCUT2D eigenvalue weighted by Gasteiger charge is 2.28. The van der Waals surface area contributed by atoms with Crippen LogP contribution in [0, 0.1) is 5.92 Å². The number of rotatable bonds is 3. The smallest absolute Gasteiger partial charge is 0.243 e. The van der Waals surface area contributed by atoms with Crippen molar-refractivity contribution >= 4 is 11.8 Å². The number of carbonyl (C=O) groups is 2. The fraction of sp³-hybridized carbons (Fsp3) is 0.833. The number of hydrogen-bond acceptors (Lipinski definition) is 4. The third-order valence-corrected chi connectivity index (χ3v) is 3.67. The summed E-state index contributed by atoms with van der Waals surface area (Å²) < 4.78 is 0. The van der Waals surface area contributed by atoms with Gasteiger partial charge >= 0.3 is 0 Å². The maximum Gasteiger partial charge on any atom is 0.243 e. The van der Waals surface area contributed by atoms with E-state index in [-0.39, 0.29) is 11.8 Å². The van der Waals surface area contributed by atoms with Crippen LogP contribution >= 0.6 is 0 Å². The van der Waals surface area contributed by atoms with Crippen LogP contribution in [-0.4, -0.2) is 54.3 Å². The third kappa shape index (κ3) is 3.04. The standard InChI is InChI=1S/C12H21N3O2/c13-7-10-3-1-5-14(8-10)9-12(17)15-6-2-4-11(15)16/h10H,1-9,13H2. The first-order valence-electron chi connectivity index (χ1n) is 6.46. The van der Waals surface area contributed by atoms with Gasteiger partial charge in [0.1, 0.15) is 0 Å². The number of nitrogens with two attached hydrogens (primary N) is 1. The molecule has 2 aliphatic rings. The molecule has 0 aliphatic carbocycles. The molecule has 0 saturated carbocycles. The van der Waals surface area contributed by atoms with Crippen LogP contribution in [0.3, 0.4) is 0 Å². The summed E-state index contributed by atoms with van der Waals surface area (Å²) in [4.78, 5) is 26.9. The molecule has 2 rings (SSSR count). The van der Waals surface area contributed by atoms with Crippen molar-refractivity contribution in [2.45, 2.75) is 25.7 Å². The van der Waals surface area contributed by atoms with E-state index in [1.54, 1.807) is 0 Å². The van der Waals surface area contributed by atoms with Crippen LogP contribution in [-0.2, 0) is 9.59 Å². The summed E-state index contributed by atoms with van der Waals surface area (Å²) in [7, 11) is 0. The molecule has 5 nitrogen and oxygen atoms in total. The summed E-state index contributed by atoms with van der Waals surface area (Å²) in [6, 6.07) is 0. The maximum absolute atomic E-state index is 12.0. The molecular weight excluding hydrogens is 218 g/mol. The van der Waals surface area contributed by atoms with E-state index in [0.29, 0.717) is 32.0 Å². The molecule has 0 radical (unpaired) electrons. The van der Waals surface area contributed by atoms with Gasteiger partial charge in [-0.3, -0.25) is 19.4 Å². The Morgan fingerprint density at radius 3 is 2.82 bits per heavy atom. The Morgan fingerprint density at radius 2 is 2.18 bits per heavy atom. The quantitative estimate of drug-likeness (QED) is 0.741. The van der Waals surface area contributed by atoms with Crippen molar-refractivity contribution in [1.29, 1.82) is 0 Å². The van der Waals surface area contributed by atoms with E-state index in [1.807, 2.05) is 0 Å². The molecule has 5 heteroatoms. The second kappa shape index (κ2) is 5.60. The summed E-state index contributed by atoms with van der Waals surface area (Å²) in [5.74, 6) is 0.457. The van der Waals surface area contributed by atoms with Gasteiger partial charge in [-0.05, 0) is 38.3 Å². The molecule has 96 valence electrons. The van der Waals surface area contributed by atoms with Crippen molar-refractivity contribution in [3.05, 3.63) is 0 Å². The molecule has 2 aliphatic heterocycles. The van der Waals surface area contributed by atoms with Gasteiger partial charge in [-0.2, -0.15) is 0 Å². The largest absolute Gasteiger partial charge is 0.330 e. The van der Waals surface area contributed by atoms with Crippen molar-refractivity contribution < 1.29 is 9.59 Å². The summed E-state index contributed by atoms with van der Waals surface area (Å²) >= 11 is 0. The van der Waals surface area contributed by atoms with Crippen molar-refractivity contribution in [1.82, 2.24) is 9.80 Å². The highest BCUT2D eigenvalue weighted by Crippen LogP contribution is 2.16. The Morgan fingerprint density at radius 1 is 1.35 bits per heavy atom. The first-order chi connectivity index (χ1) is 8.20. The van der Waals surface area contributed by atoms with Gasteiger partial charge in [0.15, 0.2) is 0 Å². The molecule has 2 N–H and O–H groups in total. The maximum atomic E-state index is 12.0. The van der Waals surface area contributed by atoms with Crippen LogP contribution in [0.2, 0.25) is 0 Å². The summed E-state index contributed by atoms with van der Waals surface area (Å²) in [5.41, 5.74) is 5.66. The minimum Gasteiger partial charge on any atom is -0.330 e. The summed E-state index contributed by atoms with van der Waals surface area (Å²) in [6.07, 6.45) is 3.60. The van der Waals surface area contributed by atoms with Crippen LogP contribution in [0.4, 0.5) is 0 Å². The van der Waals surface area contributed by atoms with Gasteiger partial charge in [0.2, 0.25) is 11.8 Å². The number of likely N-dealkylation sites (tertiary alicyclic amines) is 2. The molecule has 0 aromatic heterocycles. The van der Waals surface area contributed by atoms with Crippen molar-refractivity contribution in [2.24, 2.45) is 11.7 Å². The number of nitrogens with zero attached hydrogens (tertiary/aromatic N) is 2.